The standard InChI is InChI=1S/C12H15N5O/c1-12(2,7-3-4-7)11(18)16-9-8-5-15-17-10(8)14-6-13-9/h5-7H,3-4H2,1-2H3,(H2,13,14,15,16,17,18). The van der Waals surface area contributed by atoms with Crippen molar-refractivity contribution in [1.29, 1.82) is 0 Å². The molecule has 0 unspecified atom stereocenters. The van der Waals surface area contributed by atoms with Gasteiger partial charge in [-0.1, -0.05) is 13.8 Å². The number of amides is 1. The van der Waals surface area contributed by atoms with E-state index in [1.165, 1.54) is 6.33 Å². The number of carbonyl (C=O) groups is 1. The van der Waals surface area contributed by atoms with Gasteiger partial charge in [0.05, 0.1) is 11.6 Å². The number of anilines is 1. The summed E-state index contributed by atoms with van der Waals surface area (Å²) >= 11 is 0. The van der Waals surface area contributed by atoms with Crippen LogP contribution in [0.3, 0.4) is 0 Å². The molecule has 1 saturated carbocycles. The van der Waals surface area contributed by atoms with Crippen LogP contribution in [0.15, 0.2) is 12.5 Å². The van der Waals surface area contributed by atoms with Gasteiger partial charge in [-0.3, -0.25) is 9.89 Å². The van der Waals surface area contributed by atoms with Crippen molar-refractivity contribution in [2.45, 2.75) is 26.7 Å². The largest absolute Gasteiger partial charge is 0.310 e. The lowest BCUT2D eigenvalue weighted by molar-refractivity contribution is -0.124. The van der Waals surface area contributed by atoms with Crippen molar-refractivity contribution in [2.75, 3.05) is 5.32 Å². The predicted octanol–water partition coefficient (Wildman–Crippen LogP) is 1.73. The molecule has 1 aliphatic rings. The average molecular weight is 245 g/mol. The van der Waals surface area contributed by atoms with Crippen molar-refractivity contribution in [1.82, 2.24) is 20.2 Å². The maximum Gasteiger partial charge on any atom is 0.231 e. The highest BCUT2D eigenvalue weighted by atomic mass is 16.2. The molecule has 6 heteroatoms. The summed E-state index contributed by atoms with van der Waals surface area (Å²) in [5.74, 6) is 1.01. The molecule has 0 spiro atoms. The molecule has 0 radical (unpaired) electrons. The zero-order valence-electron chi connectivity index (χ0n) is 10.4. The molecule has 2 heterocycles. The van der Waals surface area contributed by atoms with E-state index in [0.29, 0.717) is 17.4 Å². The van der Waals surface area contributed by atoms with Crippen LogP contribution in [0.1, 0.15) is 26.7 Å². The van der Waals surface area contributed by atoms with Crippen LogP contribution in [0.5, 0.6) is 0 Å². The second-order valence-electron chi connectivity index (χ2n) is 5.30. The molecule has 1 aliphatic carbocycles. The van der Waals surface area contributed by atoms with Crippen molar-refractivity contribution in [3.05, 3.63) is 12.5 Å². The molecule has 2 aromatic heterocycles. The Labute approximate surface area is 104 Å². The molecule has 1 amide bonds. The van der Waals surface area contributed by atoms with Crippen LogP contribution in [0.25, 0.3) is 11.0 Å². The van der Waals surface area contributed by atoms with Gasteiger partial charge in [0.2, 0.25) is 5.91 Å². The topological polar surface area (TPSA) is 83.6 Å². The lowest BCUT2D eigenvalue weighted by Gasteiger charge is -2.22. The fourth-order valence-corrected chi connectivity index (χ4v) is 2.12. The number of hydrogen-bond donors (Lipinski definition) is 2. The Morgan fingerprint density at radius 2 is 2.22 bits per heavy atom. The summed E-state index contributed by atoms with van der Waals surface area (Å²) in [6, 6.07) is 0. The number of nitrogens with one attached hydrogen (secondary N) is 2. The Bertz CT molecular complexity index is 599. The highest BCUT2D eigenvalue weighted by molar-refractivity contribution is 6.00. The van der Waals surface area contributed by atoms with Crippen LogP contribution in [0.2, 0.25) is 0 Å². The maximum atomic E-state index is 12.3. The molecule has 0 bridgehead atoms. The molecular weight excluding hydrogens is 230 g/mol. The molecule has 1 fully saturated rings. The molecule has 3 rings (SSSR count). The summed E-state index contributed by atoms with van der Waals surface area (Å²) in [5, 5.41) is 10.3. The van der Waals surface area contributed by atoms with Gasteiger partial charge in [-0.05, 0) is 18.8 Å². The quantitative estimate of drug-likeness (QED) is 0.862. The van der Waals surface area contributed by atoms with Crippen LogP contribution in [0, 0.1) is 11.3 Å². The zero-order chi connectivity index (χ0) is 12.8. The minimum atomic E-state index is -0.346. The summed E-state index contributed by atoms with van der Waals surface area (Å²) in [5.41, 5.74) is 0.283. The second kappa shape index (κ2) is 3.76. The molecule has 0 atom stereocenters. The monoisotopic (exact) mass is 245 g/mol. The van der Waals surface area contributed by atoms with Gasteiger partial charge < -0.3 is 5.32 Å². The molecule has 2 aromatic rings. The van der Waals surface area contributed by atoms with E-state index in [-0.39, 0.29) is 11.3 Å². The third-order valence-electron chi connectivity index (χ3n) is 3.66. The number of rotatable bonds is 3. The maximum absolute atomic E-state index is 12.3. The Kier molecular flexibility index (Phi) is 2.33. The zero-order valence-corrected chi connectivity index (χ0v) is 10.4. The SMILES string of the molecule is CC(C)(C(=O)Nc1ncnc2[nH]ncc12)C1CC1. The highest BCUT2D eigenvalue weighted by Gasteiger charge is 2.43. The van der Waals surface area contributed by atoms with Crippen molar-refractivity contribution in [3.63, 3.8) is 0 Å². The normalized spacial score (nSPS) is 15.9. The lowest BCUT2D eigenvalue weighted by atomic mass is 9.86. The summed E-state index contributed by atoms with van der Waals surface area (Å²) in [7, 11) is 0. The summed E-state index contributed by atoms with van der Waals surface area (Å²) in [4.78, 5) is 20.4. The number of hydrogen-bond acceptors (Lipinski definition) is 4. The Hall–Kier alpha value is -1.98. The van der Waals surface area contributed by atoms with E-state index in [0.717, 1.165) is 18.2 Å². The van der Waals surface area contributed by atoms with E-state index in [9.17, 15) is 4.79 Å². The average Bonchev–Trinajstić information content (AvgIpc) is 3.09. The molecule has 18 heavy (non-hydrogen) atoms. The van der Waals surface area contributed by atoms with Gasteiger partial charge >= 0.3 is 0 Å². The van der Waals surface area contributed by atoms with E-state index < -0.39 is 0 Å². The summed E-state index contributed by atoms with van der Waals surface area (Å²) < 4.78 is 0. The molecular formula is C12H15N5O. The van der Waals surface area contributed by atoms with Crippen LogP contribution >= 0.6 is 0 Å². The van der Waals surface area contributed by atoms with Crippen molar-refractivity contribution in [3.8, 4) is 0 Å². The molecule has 6 nitrogen and oxygen atoms in total. The van der Waals surface area contributed by atoms with E-state index >= 15 is 0 Å². The smallest absolute Gasteiger partial charge is 0.231 e. The summed E-state index contributed by atoms with van der Waals surface area (Å²) in [6.07, 6.45) is 5.30. The summed E-state index contributed by atoms with van der Waals surface area (Å²) in [6.45, 7) is 3.96. The molecule has 94 valence electrons. The number of aromatic nitrogens is 4. The number of nitrogens with zero attached hydrogens (tertiary/aromatic N) is 3. The van der Waals surface area contributed by atoms with Gasteiger partial charge in [0.15, 0.2) is 5.65 Å². The third kappa shape index (κ3) is 1.73. The third-order valence-corrected chi connectivity index (χ3v) is 3.66. The van der Waals surface area contributed by atoms with Crippen molar-refractivity contribution in [2.24, 2.45) is 11.3 Å². The molecule has 0 aromatic carbocycles. The van der Waals surface area contributed by atoms with Crippen LogP contribution in [-0.2, 0) is 4.79 Å². The predicted molar refractivity (Wildman–Crippen MR) is 66.8 cm³/mol. The molecule has 0 aliphatic heterocycles. The van der Waals surface area contributed by atoms with Gasteiger partial charge in [0.25, 0.3) is 0 Å². The highest BCUT2D eigenvalue weighted by Crippen LogP contribution is 2.45. The Balaban J connectivity index is 1.88. The van der Waals surface area contributed by atoms with Crippen molar-refractivity contribution < 1.29 is 4.79 Å². The Morgan fingerprint density at radius 1 is 1.44 bits per heavy atom. The molecule has 0 saturated heterocycles. The van der Waals surface area contributed by atoms with Gasteiger partial charge in [-0.25, -0.2) is 9.97 Å². The van der Waals surface area contributed by atoms with Gasteiger partial charge in [0, 0.05) is 5.41 Å². The van der Waals surface area contributed by atoms with E-state index in [2.05, 4.69) is 25.5 Å². The Morgan fingerprint density at radius 3 is 2.94 bits per heavy atom. The fraction of sp³-hybridized carbons (Fsp3) is 0.500. The minimum Gasteiger partial charge on any atom is -0.310 e. The number of fused-ring (bicyclic) bond motifs is 1. The van der Waals surface area contributed by atoms with E-state index in [4.69, 9.17) is 0 Å². The van der Waals surface area contributed by atoms with Crippen LogP contribution in [0.4, 0.5) is 5.82 Å². The molecule has 2 N–H and O–H groups in total. The van der Waals surface area contributed by atoms with Gasteiger partial charge in [-0.15, -0.1) is 0 Å². The second-order valence-corrected chi connectivity index (χ2v) is 5.30. The van der Waals surface area contributed by atoms with Crippen LogP contribution in [-0.4, -0.2) is 26.1 Å². The fourth-order valence-electron chi connectivity index (χ4n) is 2.12. The van der Waals surface area contributed by atoms with Crippen LogP contribution < -0.4 is 5.32 Å². The van der Waals surface area contributed by atoms with E-state index in [1.54, 1.807) is 6.20 Å². The van der Waals surface area contributed by atoms with Gasteiger partial charge in [-0.2, -0.15) is 5.10 Å². The first-order valence-corrected chi connectivity index (χ1v) is 6.04. The first kappa shape index (κ1) is 11.1. The number of H-pyrrole nitrogens is 1. The number of aromatic amines is 1. The number of carbonyl (C=O) groups excluding carboxylic acids is 1. The van der Waals surface area contributed by atoms with Gasteiger partial charge in [0.1, 0.15) is 12.1 Å². The van der Waals surface area contributed by atoms with E-state index in [1.807, 2.05) is 13.8 Å². The minimum absolute atomic E-state index is 0.00574. The van der Waals surface area contributed by atoms with Crippen molar-refractivity contribution >= 4 is 22.8 Å². The first-order valence-electron chi connectivity index (χ1n) is 6.04. The first-order chi connectivity index (χ1) is 8.59. The lowest BCUT2D eigenvalue weighted by Crippen LogP contribution is -2.32.